The summed E-state index contributed by atoms with van der Waals surface area (Å²) in [5.41, 5.74) is 7.69. The average molecular weight is 165 g/mol. The Morgan fingerprint density at radius 1 is 1.67 bits per heavy atom. The standard InChI is InChI=1S/C9H15N3/c1-7(11-2)5-8-6-12-4-3-9(8)10/h3-4,6-7,11H,5H2,1-2H3,(H2,10,12). The van der Waals surface area contributed by atoms with Crippen LogP contribution in [-0.2, 0) is 6.42 Å². The van der Waals surface area contributed by atoms with Crippen molar-refractivity contribution in [2.24, 2.45) is 0 Å². The van der Waals surface area contributed by atoms with Crippen molar-refractivity contribution in [3.05, 3.63) is 24.0 Å². The van der Waals surface area contributed by atoms with Gasteiger partial charge in [0.05, 0.1) is 0 Å². The third kappa shape index (κ3) is 2.20. The molecule has 0 saturated carbocycles. The Morgan fingerprint density at radius 3 is 3.00 bits per heavy atom. The Labute approximate surface area is 73.0 Å². The van der Waals surface area contributed by atoms with E-state index >= 15 is 0 Å². The molecule has 1 aromatic rings. The van der Waals surface area contributed by atoms with E-state index in [1.165, 1.54) is 0 Å². The molecule has 3 N–H and O–H groups in total. The summed E-state index contributed by atoms with van der Waals surface area (Å²) in [6, 6.07) is 2.27. The molecule has 0 aromatic carbocycles. The van der Waals surface area contributed by atoms with E-state index in [9.17, 15) is 0 Å². The van der Waals surface area contributed by atoms with Crippen LogP contribution in [0.3, 0.4) is 0 Å². The van der Waals surface area contributed by atoms with Gasteiger partial charge in [0, 0.05) is 24.1 Å². The van der Waals surface area contributed by atoms with Gasteiger partial charge in [-0.15, -0.1) is 0 Å². The fraction of sp³-hybridized carbons (Fsp3) is 0.444. The van der Waals surface area contributed by atoms with E-state index in [1.807, 2.05) is 19.3 Å². The Kier molecular flexibility index (Phi) is 3.05. The normalized spacial score (nSPS) is 12.8. The highest BCUT2D eigenvalue weighted by molar-refractivity contribution is 5.44. The van der Waals surface area contributed by atoms with Crippen molar-refractivity contribution in [2.45, 2.75) is 19.4 Å². The molecule has 1 unspecified atom stereocenters. The van der Waals surface area contributed by atoms with Crippen LogP contribution in [0.1, 0.15) is 12.5 Å². The van der Waals surface area contributed by atoms with Crippen LogP contribution >= 0.6 is 0 Å². The summed E-state index contributed by atoms with van der Waals surface area (Å²) in [6.45, 7) is 2.12. The number of nitrogen functional groups attached to an aromatic ring is 1. The summed E-state index contributed by atoms with van der Waals surface area (Å²) in [7, 11) is 1.94. The quantitative estimate of drug-likeness (QED) is 0.697. The van der Waals surface area contributed by atoms with Gasteiger partial charge in [0.15, 0.2) is 0 Å². The zero-order valence-corrected chi connectivity index (χ0v) is 7.54. The number of anilines is 1. The molecule has 0 bridgehead atoms. The topological polar surface area (TPSA) is 50.9 Å². The Hall–Kier alpha value is -1.09. The Morgan fingerprint density at radius 2 is 2.42 bits per heavy atom. The van der Waals surface area contributed by atoms with Gasteiger partial charge < -0.3 is 11.1 Å². The molecule has 3 heteroatoms. The summed E-state index contributed by atoms with van der Waals surface area (Å²) in [5.74, 6) is 0. The van der Waals surface area contributed by atoms with E-state index in [4.69, 9.17) is 5.73 Å². The Balaban J connectivity index is 2.69. The number of nitrogens with two attached hydrogens (primary N) is 1. The highest BCUT2D eigenvalue weighted by Crippen LogP contribution is 2.10. The third-order valence-electron chi connectivity index (χ3n) is 1.96. The first-order chi connectivity index (χ1) is 5.74. The molecule has 0 amide bonds. The molecule has 0 aliphatic heterocycles. The van der Waals surface area contributed by atoms with E-state index in [1.54, 1.807) is 6.20 Å². The summed E-state index contributed by atoms with van der Waals surface area (Å²) in [5, 5.41) is 3.16. The van der Waals surface area contributed by atoms with Gasteiger partial charge in [-0.1, -0.05) is 0 Å². The molecular weight excluding hydrogens is 150 g/mol. The third-order valence-corrected chi connectivity index (χ3v) is 1.96. The molecular formula is C9H15N3. The Bertz CT molecular complexity index is 247. The number of aromatic nitrogens is 1. The largest absolute Gasteiger partial charge is 0.398 e. The van der Waals surface area contributed by atoms with Gasteiger partial charge in [-0.25, -0.2) is 0 Å². The lowest BCUT2D eigenvalue weighted by Crippen LogP contribution is -2.24. The summed E-state index contributed by atoms with van der Waals surface area (Å²) < 4.78 is 0. The van der Waals surface area contributed by atoms with Gasteiger partial charge in [-0.05, 0) is 32.0 Å². The molecule has 3 nitrogen and oxygen atoms in total. The zero-order valence-electron chi connectivity index (χ0n) is 7.54. The number of hydrogen-bond donors (Lipinski definition) is 2. The van der Waals surface area contributed by atoms with Gasteiger partial charge in [-0.3, -0.25) is 4.98 Å². The number of nitrogens with one attached hydrogen (secondary N) is 1. The van der Waals surface area contributed by atoms with Crippen molar-refractivity contribution >= 4 is 5.69 Å². The van der Waals surface area contributed by atoms with Crippen LogP contribution in [0.5, 0.6) is 0 Å². The van der Waals surface area contributed by atoms with Crippen molar-refractivity contribution < 1.29 is 0 Å². The molecule has 1 aromatic heterocycles. The number of likely N-dealkylation sites (N-methyl/N-ethyl adjacent to an activating group) is 1. The van der Waals surface area contributed by atoms with Crippen molar-refractivity contribution in [1.82, 2.24) is 10.3 Å². The van der Waals surface area contributed by atoms with E-state index in [-0.39, 0.29) is 0 Å². The number of rotatable bonds is 3. The monoisotopic (exact) mass is 165 g/mol. The maximum absolute atomic E-state index is 5.76. The van der Waals surface area contributed by atoms with E-state index in [0.717, 1.165) is 17.7 Å². The summed E-state index contributed by atoms with van der Waals surface area (Å²) in [4.78, 5) is 4.03. The minimum atomic E-state index is 0.441. The predicted molar refractivity (Wildman–Crippen MR) is 50.9 cm³/mol. The van der Waals surface area contributed by atoms with Crippen LogP contribution in [0.15, 0.2) is 18.5 Å². The first kappa shape index (κ1) is 9.00. The van der Waals surface area contributed by atoms with Crippen molar-refractivity contribution in [3.63, 3.8) is 0 Å². The molecule has 0 spiro atoms. The fourth-order valence-electron chi connectivity index (χ4n) is 1.04. The fourth-order valence-corrected chi connectivity index (χ4v) is 1.04. The van der Waals surface area contributed by atoms with Crippen LogP contribution in [-0.4, -0.2) is 18.1 Å². The maximum atomic E-state index is 5.76. The van der Waals surface area contributed by atoms with E-state index in [2.05, 4.69) is 17.2 Å². The molecule has 1 heterocycles. The first-order valence-electron chi connectivity index (χ1n) is 4.09. The molecule has 1 rings (SSSR count). The lowest BCUT2D eigenvalue weighted by atomic mass is 10.1. The second-order valence-electron chi connectivity index (χ2n) is 2.97. The van der Waals surface area contributed by atoms with Crippen LogP contribution in [0.25, 0.3) is 0 Å². The first-order valence-corrected chi connectivity index (χ1v) is 4.09. The number of nitrogens with zero attached hydrogens (tertiary/aromatic N) is 1. The minimum absolute atomic E-state index is 0.441. The van der Waals surface area contributed by atoms with Gasteiger partial charge in [0.25, 0.3) is 0 Å². The lowest BCUT2D eigenvalue weighted by molar-refractivity contribution is 0.608. The molecule has 0 fully saturated rings. The van der Waals surface area contributed by atoms with Crippen molar-refractivity contribution in [1.29, 1.82) is 0 Å². The highest BCUT2D eigenvalue weighted by Gasteiger charge is 2.02. The zero-order chi connectivity index (χ0) is 8.97. The summed E-state index contributed by atoms with van der Waals surface area (Å²) in [6.07, 6.45) is 4.46. The minimum Gasteiger partial charge on any atom is -0.398 e. The van der Waals surface area contributed by atoms with E-state index in [0.29, 0.717) is 6.04 Å². The van der Waals surface area contributed by atoms with Crippen LogP contribution in [0.2, 0.25) is 0 Å². The highest BCUT2D eigenvalue weighted by atomic mass is 14.8. The van der Waals surface area contributed by atoms with Crippen molar-refractivity contribution in [2.75, 3.05) is 12.8 Å². The van der Waals surface area contributed by atoms with Crippen LogP contribution in [0, 0.1) is 0 Å². The van der Waals surface area contributed by atoms with E-state index < -0.39 is 0 Å². The number of hydrogen-bond acceptors (Lipinski definition) is 3. The van der Waals surface area contributed by atoms with Crippen molar-refractivity contribution in [3.8, 4) is 0 Å². The smallest absolute Gasteiger partial charge is 0.0378 e. The maximum Gasteiger partial charge on any atom is 0.0378 e. The molecule has 0 radical (unpaired) electrons. The van der Waals surface area contributed by atoms with Gasteiger partial charge in [-0.2, -0.15) is 0 Å². The summed E-state index contributed by atoms with van der Waals surface area (Å²) >= 11 is 0. The molecule has 0 saturated heterocycles. The average Bonchev–Trinajstić information content (AvgIpc) is 2.09. The SMILES string of the molecule is CNC(C)Cc1cnccc1N. The molecule has 12 heavy (non-hydrogen) atoms. The van der Waals surface area contributed by atoms with Crippen LogP contribution < -0.4 is 11.1 Å². The lowest BCUT2D eigenvalue weighted by Gasteiger charge is -2.10. The van der Waals surface area contributed by atoms with Gasteiger partial charge in [0.1, 0.15) is 0 Å². The second-order valence-corrected chi connectivity index (χ2v) is 2.97. The molecule has 1 atom stereocenters. The molecule has 0 aliphatic carbocycles. The second kappa shape index (κ2) is 4.07. The van der Waals surface area contributed by atoms with Gasteiger partial charge in [0.2, 0.25) is 0 Å². The van der Waals surface area contributed by atoms with Crippen LogP contribution in [0.4, 0.5) is 5.69 Å². The van der Waals surface area contributed by atoms with Gasteiger partial charge >= 0.3 is 0 Å². The molecule has 66 valence electrons. The number of pyridine rings is 1. The predicted octanol–water partition coefficient (Wildman–Crippen LogP) is 0.814. The molecule has 0 aliphatic rings.